The summed E-state index contributed by atoms with van der Waals surface area (Å²) in [5.74, 6) is 0.177. The Hall–Kier alpha value is -0.414. The van der Waals surface area contributed by atoms with Gasteiger partial charge in [-0.05, 0) is 31.0 Å². The van der Waals surface area contributed by atoms with Gasteiger partial charge < -0.3 is 9.84 Å². The summed E-state index contributed by atoms with van der Waals surface area (Å²) in [7, 11) is -4.32. The van der Waals surface area contributed by atoms with Crippen LogP contribution in [0.3, 0.4) is 0 Å². The molecule has 0 aliphatic rings. The molecule has 0 radical (unpaired) electrons. The number of hydrogen-bond donors (Lipinski definition) is 1. The third kappa shape index (κ3) is 10.8. The fourth-order valence-electron chi connectivity index (χ4n) is 3.47. The van der Waals surface area contributed by atoms with Crippen LogP contribution in [0.2, 0.25) is 0 Å². The van der Waals surface area contributed by atoms with E-state index in [1.165, 1.54) is 69.6 Å². The van der Waals surface area contributed by atoms with Crippen molar-refractivity contribution in [3.8, 4) is 17.2 Å². The molecule has 0 spiro atoms. The molecule has 1 N–H and O–H groups in total. The molecule has 0 bridgehead atoms. The molecule has 31 heavy (non-hydrogen) atoms. The van der Waals surface area contributed by atoms with E-state index < -0.39 is 10.1 Å². The van der Waals surface area contributed by atoms with Gasteiger partial charge in [0.05, 0.1) is 4.90 Å². The first-order chi connectivity index (χ1) is 14.4. The first kappa shape index (κ1) is 28.6. The molecule has 0 aliphatic heterocycles. The predicted molar refractivity (Wildman–Crippen MR) is 118 cm³/mol. The fourth-order valence-corrected chi connectivity index (χ4v) is 3.98. The van der Waals surface area contributed by atoms with E-state index in [-0.39, 0.29) is 73.5 Å². The summed E-state index contributed by atoms with van der Waals surface area (Å²) in [5, 5.41) is 12.7. The second-order valence-electron chi connectivity index (χ2n) is 7.73. The van der Waals surface area contributed by atoms with Gasteiger partial charge in [0.2, 0.25) is 0 Å². The Bertz CT molecular complexity index is 883. The van der Waals surface area contributed by atoms with Crippen LogP contribution in [0, 0.1) is 0 Å². The Morgan fingerprint density at radius 1 is 0.871 bits per heavy atom. The zero-order valence-electron chi connectivity index (χ0n) is 18.8. The van der Waals surface area contributed by atoms with Crippen molar-refractivity contribution in [1.82, 2.24) is 0 Å². The third-order valence-electron chi connectivity index (χ3n) is 5.19. The van der Waals surface area contributed by atoms with Gasteiger partial charge in [-0.15, -0.1) is 0 Å². The van der Waals surface area contributed by atoms with Crippen LogP contribution in [0.25, 0.3) is 0 Å². The number of para-hydroxylation sites is 1. The van der Waals surface area contributed by atoms with Crippen LogP contribution in [0.4, 0.5) is 0 Å². The van der Waals surface area contributed by atoms with Gasteiger partial charge in [-0.25, -0.2) is 0 Å². The van der Waals surface area contributed by atoms with E-state index in [0.717, 1.165) is 12.8 Å². The standard InChI is InChI=1S/C24H34O5S.K/c1-2-3-4-5-6-7-8-9-10-11-14-20-15-12-18-23(24(20)25)29-21-16-13-17-22(19-21)30(26,27)28;/h12-13,15-19,25H,2-11,14H2,1H3,(H,26,27,28);/q;+1/p-1. The van der Waals surface area contributed by atoms with Crippen LogP contribution in [0.5, 0.6) is 17.2 Å². The molecular weight excluding hydrogens is 439 g/mol. The Morgan fingerprint density at radius 3 is 2.06 bits per heavy atom. The molecule has 5 nitrogen and oxygen atoms in total. The van der Waals surface area contributed by atoms with Crippen molar-refractivity contribution < 1.29 is 74.2 Å². The van der Waals surface area contributed by atoms with Crippen LogP contribution in [-0.2, 0) is 16.5 Å². The summed E-state index contributed by atoms with van der Waals surface area (Å²) in [6.45, 7) is 2.23. The topological polar surface area (TPSA) is 86.7 Å². The van der Waals surface area contributed by atoms with Crippen LogP contribution in [0.1, 0.15) is 76.7 Å². The predicted octanol–water partition coefficient (Wildman–Crippen LogP) is 3.27. The first-order valence-electron chi connectivity index (χ1n) is 11.0. The molecule has 0 atom stereocenters. The van der Waals surface area contributed by atoms with Crippen molar-refractivity contribution in [2.45, 2.75) is 82.4 Å². The zero-order chi connectivity index (χ0) is 21.8. The molecule has 0 unspecified atom stereocenters. The molecule has 0 fully saturated rings. The first-order valence-corrected chi connectivity index (χ1v) is 12.4. The summed E-state index contributed by atoms with van der Waals surface area (Å²) in [4.78, 5) is -0.269. The van der Waals surface area contributed by atoms with E-state index in [0.29, 0.717) is 12.0 Å². The molecule has 0 saturated carbocycles. The summed E-state index contributed by atoms with van der Waals surface area (Å²) < 4.78 is 37.3. The van der Waals surface area contributed by atoms with Gasteiger partial charge in [0.25, 0.3) is 10.1 Å². The Balaban J connectivity index is 0.00000480. The maximum absolute atomic E-state index is 12.7. The molecule has 166 valence electrons. The molecule has 0 heterocycles. The van der Waals surface area contributed by atoms with E-state index >= 15 is 0 Å². The van der Waals surface area contributed by atoms with Crippen LogP contribution >= 0.6 is 0 Å². The van der Waals surface area contributed by atoms with E-state index in [2.05, 4.69) is 6.92 Å². The summed E-state index contributed by atoms with van der Waals surface area (Å²) in [6, 6.07) is 10.6. The van der Waals surface area contributed by atoms with E-state index in [1.807, 2.05) is 6.07 Å². The number of aryl methyl sites for hydroxylation is 1. The van der Waals surface area contributed by atoms with Gasteiger partial charge in [0.15, 0.2) is 0 Å². The van der Waals surface area contributed by atoms with E-state index in [1.54, 1.807) is 18.2 Å². The summed E-state index contributed by atoms with van der Waals surface area (Å²) >= 11 is 0. The number of rotatable bonds is 14. The van der Waals surface area contributed by atoms with Crippen LogP contribution < -0.4 is 61.2 Å². The van der Waals surface area contributed by atoms with Gasteiger partial charge in [-0.3, -0.25) is 4.55 Å². The molecule has 2 aromatic carbocycles. The van der Waals surface area contributed by atoms with Crippen molar-refractivity contribution in [3.63, 3.8) is 0 Å². The number of hydrogen-bond acceptors (Lipinski definition) is 4. The average Bonchev–Trinajstić information content (AvgIpc) is 2.71. The molecule has 2 rings (SSSR count). The van der Waals surface area contributed by atoms with Crippen molar-refractivity contribution >= 4 is 10.1 Å². The maximum Gasteiger partial charge on any atom is 1.00 e. The number of unbranched alkanes of at least 4 members (excludes halogenated alkanes) is 9. The minimum absolute atomic E-state index is 0. The average molecular weight is 473 g/mol. The van der Waals surface area contributed by atoms with Gasteiger partial charge in [-0.2, -0.15) is 8.42 Å². The van der Waals surface area contributed by atoms with Crippen molar-refractivity contribution in [2.24, 2.45) is 0 Å². The van der Waals surface area contributed by atoms with Gasteiger partial charge in [-0.1, -0.05) is 94.2 Å². The largest absolute Gasteiger partial charge is 1.00 e. The Labute approximate surface area is 229 Å². The molecule has 7 heteroatoms. The smallest absolute Gasteiger partial charge is 0.870 e. The second kappa shape index (κ2) is 15.4. The molecular formula is C24H33KO5S. The van der Waals surface area contributed by atoms with Crippen molar-refractivity contribution in [3.05, 3.63) is 48.0 Å². The molecule has 0 aromatic heterocycles. The van der Waals surface area contributed by atoms with E-state index in [4.69, 9.17) is 9.29 Å². The van der Waals surface area contributed by atoms with Gasteiger partial charge in [0, 0.05) is 6.07 Å². The Kier molecular flexibility index (Phi) is 14.2. The molecule has 0 amide bonds. The quantitative estimate of drug-likeness (QED) is 0.259. The zero-order valence-corrected chi connectivity index (χ0v) is 22.7. The number of benzene rings is 2. The summed E-state index contributed by atoms with van der Waals surface area (Å²) in [6.07, 6.45) is 13.2. The van der Waals surface area contributed by atoms with Crippen LogP contribution in [0.15, 0.2) is 47.4 Å². The second-order valence-corrected chi connectivity index (χ2v) is 9.15. The van der Waals surface area contributed by atoms with E-state index in [9.17, 15) is 13.5 Å². The fraction of sp³-hybridized carbons (Fsp3) is 0.500. The minimum Gasteiger partial charge on any atom is -0.870 e. The maximum atomic E-state index is 12.7. The summed E-state index contributed by atoms with van der Waals surface area (Å²) in [5.41, 5.74) is 0.706. The van der Waals surface area contributed by atoms with Gasteiger partial charge in [0.1, 0.15) is 11.5 Å². The third-order valence-corrected chi connectivity index (χ3v) is 6.04. The normalized spacial score (nSPS) is 11.2. The van der Waals surface area contributed by atoms with Gasteiger partial charge >= 0.3 is 51.4 Å². The SMILES string of the molecule is CCCCCCCCCCCCc1cccc(Oc2cccc(S(=O)(=O)O)c2)c1[O-].[K+]. The molecule has 0 saturated heterocycles. The van der Waals surface area contributed by atoms with Crippen molar-refractivity contribution in [1.29, 1.82) is 0 Å². The molecule has 0 aliphatic carbocycles. The monoisotopic (exact) mass is 472 g/mol. The minimum atomic E-state index is -4.32. The van der Waals surface area contributed by atoms with Crippen LogP contribution in [-0.4, -0.2) is 13.0 Å². The number of ether oxygens (including phenoxy) is 1. The molecule has 2 aromatic rings. The Morgan fingerprint density at radius 2 is 1.45 bits per heavy atom. The van der Waals surface area contributed by atoms with Crippen molar-refractivity contribution in [2.75, 3.05) is 0 Å².